The van der Waals surface area contributed by atoms with Gasteiger partial charge in [-0.1, -0.05) is 30.2 Å². The molecule has 4 nitrogen and oxygen atoms in total. The van der Waals surface area contributed by atoms with E-state index in [1.165, 1.54) is 0 Å². The first-order valence-electron chi connectivity index (χ1n) is 6.04. The van der Waals surface area contributed by atoms with Crippen LogP contribution in [0.4, 0.5) is 0 Å². The maximum Gasteiger partial charge on any atom is 0.308 e. The van der Waals surface area contributed by atoms with Gasteiger partial charge in [0.1, 0.15) is 0 Å². The van der Waals surface area contributed by atoms with E-state index in [-0.39, 0.29) is 11.8 Å². The van der Waals surface area contributed by atoms with Crippen molar-refractivity contribution in [3.05, 3.63) is 23.3 Å². The number of carboxylic acids is 2. The standard InChI is InChI=1S/C14H20O4/c1-7(2)5-10-6-8(3)9(4)11(13(15)16)12(10)14(17)18/h5-6,9-12H,1-4H3,(H,15,16)(H,17,18)/t9-,10+,11-,12+/m0/s1. The van der Waals surface area contributed by atoms with E-state index in [9.17, 15) is 19.8 Å². The summed E-state index contributed by atoms with van der Waals surface area (Å²) in [5.74, 6) is -4.42. The van der Waals surface area contributed by atoms with E-state index in [0.29, 0.717) is 0 Å². The lowest BCUT2D eigenvalue weighted by Crippen LogP contribution is -2.41. The highest BCUT2D eigenvalue weighted by molar-refractivity contribution is 5.82. The Morgan fingerprint density at radius 1 is 1.17 bits per heavy atom. The quantitative estimate of drug-likeness (QED) is 0.757. The van der Waals surface area contributed by atoms with Crippen LogP contribution in [-0.2, 0) is 9.59 Å². The van der Waals surface area contributed by atoms with Crippen LogP contribution in [0.5, 0.6) is 0 Å². The van der Waals surface area contributed by atoms with Crippen molar-refractivity contribution in [3.63, 3.8) is 0 Å². The minimum Gasteiger partial charge on any atom is -0.481 e. The molecule has 0 spiro atoms. The van der Waals surface area contributed by atoms with Crippen molar-refractivity contribution in [1.82, 2.24) is 0 Å². The molecule has 18 heavy (non-hydrogen) atoms. The zero-order valence-corrected chi connectivity index (χ0v) is 11.2. The summed E-state index contributed by atoms with van der Waals surface area (Å²) in [6.45, 7) is 7.41. The first-order chi connectivity index (χ1) is 8.25. The summed E-state index contributed by atoms with van der Waals surface area (Å²) in [4.78, 5) is 22.7. The summed E-state index contributed by atoms with van der Waals surface area (Å²) in [6, 6.07) is 0. The molecule has 0 aromatic heterocycles. The Bertz CT molecular complexity index is 416. The third kappa shape index (κ3) is 2.81. The van der Waals surface area contributed by atoms with Crippen molar-refractivity contribution in [1.29, 1.82) is 0 Å². The van der Waals surface area contributed by atoms with Crippen LogP contribution in [0.15, 0.2) is 23.3 Å². The van der Waals surface area contributed by atoms with Crippen molar-refractivity contribution in [2.75, 3.05) is 0 Å². The van der Waals surface area contributed by atoms with Crippen LogP contribution in [0, 0.1) is 23.7 Å². The number of hydrogen-bond acceptors (Lipinski definition) is 2. The van der Waals surface area contributed by atoms with E-state index < -0.39 is 23.8 Å². The first-order valence-corrected chi connectivity index (χ1v) is 6.04. The molecule has 0 radical (unpaired) electrons. The molecule has 4 heteroatoms. The summed E-state index contributed by atoms with van der Waals surface area (Å²) >= 11 is 0. The van der Waals surface area contributed by atoms with Crippen molar-refractivity contribution in [2.45, 2.75) is 27.7 Å². The zero-order valence-electron chi connectivity index (χ0n) is 11.2. The monoisotopic (exact) mass is 252 g/mol. The van der Waals surface area contributed by atoms with Crippen LogP contribution in [0.3, 0.4) is 0 Å². The van der Waals surface area contributed by atoms with Crippen LogP contribution in [-0.4, -0.2) is 22.2 Å². The van der Waals surface area contributed by atoms with Crippen molar-refractivity contribution < 1.29 is 19.8 Å². The molecule has 0 saturated heterocycles. The highest BCUT2D eigenvalue weighted by Gasteiger charge is 2.44. The highest BCUT2D eigenvalue weighted by Crippen LogP contribution is 2.39. The number of rotatable bonds is 3. The van der Waals surface area contributed by atoms with Gasteiger partial charge < -0.3 is 10.2 Å². The molecule has 100 valence electrons. The van der Waals surface area contributed by atoms with Gasteiger partial charge in [-0.25, -0.2) is 0 Å². The molecule has 0 saturated carbocycles. The molecule has 1 rings (SSSR count). The predicted octanol–water partition coefficient (Wildman–Crippen LogP) is 2.57. The molecule has 0 fully saturated rings. The van der Waals surface area contributed by atoms with Gasteiger partial charge >= 0.3 is 11.9 Å². The SMILES string of the molecule is CC(C)=C[C@@H]1C=C(C)[C@H](C)[C@H](C(=O)O)[C@@H]1C(=O)O. The van der Waals surface area contributed by atoms with E-state index in [2.05, 4.69) is 0 Å². The average Bonchev–Trinajstić information content (AvgIpc) is 2.20. The van der Waals surface area contributed by atoms with Gasteiger partial charge in [-0.2, -0.15) is 0 Å². The molecule has 2 N–H and O–H groups in total. The normalized spacial score (nSPS) is 31.4. The maximum atomic E-state index is 11.4. The molecule has 0 aromatic carbocycles. The minimum absolute atomic E-state index is 0.245. The second kappa shape index (κ2) is 5.38. The van der Waals surface area contributed by atoms with E-state index in [1.807, 2.05) is 32.9 Å². The van der Waals surface area contributed by atoms with Gasteiger partial charge in [-0.05, 0) is 26.7 Å². The number of carbonyl (C=O) groups is 2. The Morgan fingerprint density at radius 2 is 1.67 bits per heavy atom. The molecule has 0 heterocycles. The van der Waals surface area contributed by atoms with E-state index >= 15 is 0 Å². The molecule has 4 atom stereocenters. The highest BCUT2D eigenvalue weighted by atomic mass is 16.4. The lowest BCUT2D eigenvalue weighted by Gasteiger charge is -2.35. The average molecular weight is 252 g/mol. The van der Waals surface area contributed by atoms with Gasteiger partial charge in [-0.15, -0.1) is 0 Å². The number of allylic oxidation sites excluding steroid dienone is 4. The second-order valence-electron chi connectivity index (χ2n) is 5.25. The van der Waals surface area contributed by atoms with Crippen molar-refractivity contribution >= 4 is 11.9 Å². The lowest BCUT2D eigenvalue weighted by molar-refractivity contribution is -0.157. The van der Waals surface area contributed by atoms with Crippen molar-refractivity contribution in [3.8, 4) is 0 Å². The zero-order chi connectivity index (χ0) is 14.0. The number of aliphatic carboxylic acids is 2. The van der Waals surface area contributed by atoms with Gasteiger partial charge in [-0.3, -0.25) is 9.59 Å². The van der Waals surface area contributed by atoms with Gasteiger partial charge in [0, 0.05) is 5.92 Å². The molecule has 0 aliphatic heterocycles. The molecule has 0 bridgehead atoms. The van der Waals surface area contributed by atoms with Gasteiger partial charge in [0.05, 0.1) is 11.8 Å². The molecular formula is C14H20O4. The van der Waals surface area contributed by atoms with Gasteiger partial charge in [0.25, 0.3) is 0 Å². The van der Waals surface area contributed by atoms with Crippen LogP contribution < -0.4 is 0 Å². The summed E-state index contributed by atoms with van der Waals surface area (Å²) in [7, 11) is 0. The van der Waals surface area contributed by atoms with Gasteiger partial charge in [0.15, 0.2) is 0 Å². The fourth-order valence-corrected chi connectivity index (χ4v) is 2.62. The van der Waals surface area contributed by atoms with Crippen LogP contribution in [0.2, 0.25) is 0 Å². The summed E-state index contributed by atoms with van der Waals surface area (Å²) in [6.07, 6.45) is 3.72. The summed E-state index contributed by atoms with van der Waals surface area (Å²) < 4.78 is 0. The second-order valence-corrected chi connectivity index (χ2v) is 5.25. The minimum atomic E-state index is -1.04. The van der Waals surface area contributed by atoms with Crippen LogP contribution >= 0.6 is 0 Å². The fraction of sp³-hybridized carbons (Fsp3) is 0.571. The first kappa shape index (κ1) is 14.5. The Labute approximate surface area is 107 Å². The van der Waals surface area contributed by atoms with Crippen LogP contribution in [0.1, 0.15) is 27.7 Å². The van der Waals surface area contributed by atoms with E-state index in [4.69, 9.17) is 0 Å². The Balaban J connectivity index is 3.29. The fourth-order valence-electron chi connectivity index (χ4n) is 2.62. The topological polar surface area (TPSA) is 74.6 Å². The third-order valence-corrected chi connectivity index (χ3v) is 3.61. The summed E-state index contributed by atoms with van der Waals surface area (Å²) in [5.41, 5.74) is 1.94. The van der Waals surface area contributed by atoms with Crippen LogP contribution in [0.25, 0.3) is 0 Å². The molecule has 0 aromatic rings. The number of hydrogen-bond donors (Lipinski definition) is 2. The largest absolute Gasteiger partial charge is 0.481 e. The molecular weight excluding hydrogens is 232 g/mol. The van der Waals surface area contributed by atoms with Gasteiger partial charge in [0.2, 0.25) is 0 Å². The lowest BCUT2D eigenvalue weighted by atomic mass is 9.67. The Morgan fingerprint density at radius 3 is 2.06 bits per heavy atom. The molecule has 1 aliphatic carbocycles. The predicted molar refractivity (Wildman–Crippen MR) is 68.1 cm³/mol. The summed E-state index contributed by atoms with van der Waals surface area (Å²) in [5, 5.41) is 18.6. The third-order valence-electron chi connectivity index (χ3n) is 3.61. The maximum absolute atomic E-state index is 11.4. The van der Waals surface area contributed by atoms with E-state index in [1.54, 1.807) is 6.92 Å². The number of carboxylic acid groups (broad SMARTS) is 2. The molecule has 1 aliphatic rings. The molecule has 0 unspecified atom stereocenters. The Kier molecular flexibility index (Phi) is 4.33. The van der Waals surface area contributed by atoms with E-state index in [0.717, 1.165) is 11.1 Å². The smallest absolute Gasteiger partial charge is 0.308 e. The molecule has 0 amide bonds. The van der Waals surface area contributed by atoms with Crippen molar-refractivity contribution in [2.24, 2.45) is 23.7 Å². The Hall–Kier alpha value is -1.58.